The lowest BCUT2D eigenvalue weighted by Gasteiger charge is -2.37. The van der Waals surface area contributed by atoms with E-state index in [-0.39, 0.29) is 12.5 Å². The molecule has 6 rings (SSSR count). The van der Waals surface area contributed by atoms with Gasteiger partial charge in [-0.25, -0.2) is 12.7 Å². The Morgan fingerprint density at radius 2 is 1.72 bits per heavy atom. The molecule has 8 nitrogen and oxygen atoms in total. The van der Waals surface area contributed by atoms with Gasteiger partial charge in [-0.1, -0.05) is 30.3 Å². The molecule has 0 N–H and O–H groups in total. The van der Waals surface area contributed by atoms with Crippen molar-refractivity contribution in [3.8, 4) is 11.1 Å². The largest absolute Gasteiger partial charge is 0.304 e. The second kappa shape index (κ2) is 8.46. The van der Waals surface area contributed by atoms with Gasteiger partial charge < -0.3 is 4.90 Å². The zero-order chi connectivity index (χ0) is 24.9. The molecule has 3 aromatic heterocycles. The molecule has 0 radical (unpaired) electrons. The lowest BCUT2D eigenvalue weighted by atomic mass is 9.74. The van der Waals surface area contributed by atoms with E-state index in [9.17, 15) is 13.2 Å². The number of carbonyl (C=O) groups excluding carboxylic acids is 1. The van der Waals surface area contributed by atoms with Crippen molar-refractivity contribution in [1.29, 1.82) is 0 Å². The van der Waals surface area contributed by atoms with Gasteiger partial charge in [0.1, 0.15) is 0 Å². The van der Waals surface area contributed by atoms with Crippen molar-refractivity contribution in [2.24, 2.45) is 0 Å². The number of pyridine rings is 3. The summed E-state index contributed by atoms with van der Waals surface area (Å²) in [6.45, 7) is 0.912. The predicted molar refractivity (Wildman–Crippen MR) is 138 cm³/mol. The highest BCUT2D eigenvalue weighted by Gasteiger charge is 2.53. The topological polar surface area (TPSA) is 96.4 Å². The number of carbonyl (C=O) groups is 1. The Kier molecular flexibility index (Phi) is 5.35. The summed E-state index contributed by atoms with van der Waals surface area (Å²) in [7, 11) is -3.31. The minimum absolute atomic E-state index is 0.0225. The molecule has 1 spiro atoms. The number of aromatic nitrogens is 3. The van der Waals surface area contributed by atoms with Gasteiger partial charge in [-0.15, -0.1) is 0 Å². The van der Waals surface area contributed by atoms with Crippen LogP contribution in [0.4, 0.5) is 5.69 Å². The van der Waals surface area contributed by atoms with Crippen LogP contribution in [-0.2, 0) is 26.8 Å². The molecule has 2 aliphatic rings. The molecule has 1 fully saturated rings. The summed E-state index contributed by atoms with van der Waals surface area (Å²) < 4.78 is 25.7. The Hall–Kier alpha value is -3.69. The molecule has 0 aliphatic carbocycles. The Labute approximate surface area is 209 Å². The SMILES string of the molecule is CS(=O)(=O)N1CCC2(CC1)C(=O)N(Cc1ncc3ccccc3c1-c1cccnc1)c1cnccc12. The summed E-state index contributed by atoms with van der Waals surface area (Å²) in [5, 5.41) is 2.06. The van der Waals surface area contributed by atoms with Crippen molar-refractivity contribution >= 4 is 32.4 Å². The van der Waals surface area contributed by atoms with Crippen LogP contribution in [-0.4, -0.2) is 52.9 Å². The fraction of sp³-hybridized carbons (Fsp3) is 0.259. The van der Waals surface area contributed by atoms with Crippen LogP contribution in [0.3, 0.4) is 0 Å². The number of benzene rings is 1. The van der Waals surface area contributed by atoms with Crippen LogP contribution in [0.15, 0.2) is 73.4 Å². The normalized spacial score (nSPS) is 17.6. The highest BCUT2D eigenvalue weighted by molar-refractivity contribution is 7.88. The van der Waals surface area contributed by atoms with Gasteiger partial charge in [-0.05, 0) is 35.9 Å². The minimum Gasteiger partial charge on any atom is -0.304 e. The van der Waals surface area contributed by atoms with E-state index in [4.69, 9.17) is 4.98 Å². The van der Waals surface area contributed by atoms with E-state index in [0.29, 0.717) is 25.9 Å². The first-order chi connectivity index (χ1) is 17.4. The van der Waals surface area contributed by atoms with Crippen molar-refractivity contribution < 1.29 is 13.2 Å². The van der Waals surface area contributed by atoms with Gasteiger partial charge in [0, 0.05) is 54.4 Å². The van der Waals surface area contributed by atoms with Crippen molar-refractivity contribution in [2.75, 3.05) is 24.2 Å². The summed E-state index contributed by atoms with van der Waals surface area (Å²) in [6, 6.07) is 13.9. The monoisotopic (exact) mass is 499 g/mol. The fourth-order valence-electron chi connectivity index (χ4n) is 5.64. The van der Waals surface area contributed by atoms with Gasteiger partial charge >= 0.3 is 0 Å². The smallest absolute Gasteiger partial charge is 0.238 e. The molecule has 36 heavy (non-hydrogen) atoms. The van der Waals surface area contributed by atoms with E-state index in [1.807, 2.05) is 48.8 Å². The maximum absolute atomic E-state index is 14.1. The molecule has 2 aliphatic heterocycles. The number of fused-ring (bicyclic) bond motifs is 3. The van der Waals surface area contributed by atoms with Gasteiger partial charge in [0.25, 0.3) is 0 Å². The van der Waals surface area contributed by atoms with E-state index in [2.05, 4.69) is 16.0 Å². The third-order valence-corrected chi connectivity index (χ3v) is 8.75. The number of piperidine rings is 1. The third-order valence-electron chi connectivity index (χ3n) is 7.44. The molecule has 182 valence electrons. The van der Waals surface area contributed by atoms with Crippen LogP contribution in [0.1, 0.15) is 24.1 Å². The van der Waals surface area contributed by atoms with E-state index in [0.717, 1.165) is 38.8 Å². The zero-order valence-electron chi connectivity index (χ0n) is 19.8. The third kappa shape index (κ3) is 3.58. The van der Waals surface area contributed by atoms with Gasteiger partial charge in [-0.2, -0.15) is 0 Å². The number of rotatable bonds is 4. The zero-order valence-corrected chi connectivity index (χ0v) is 20.6. The molecule has 5 heterocycles. The molecule has 0 atom stereocenters. The van der Waals surface area contributed by atoms with E-state index in [1.165, 1.54) is 10.6 Å². The predicted octanol–water partition coefficient (Wildman–Crippen LogP) is 3.53. The van der Waals surface area contributed by atoms with Crippen LogP contribution in [0.5, 0.6) is 0 Å². The molecule has 9 heteroatoms. The first kappa shape index (κ1) is 22.8. The maximum atomic E-state index is 14.1. The van der Waals surface area contributed by atoms with Crippen LogP contribution in [0.25, 0.3) is 21.9 Å². The Morgan fingerprint density at radius 1 is 0.944 bits per heavy atom. The number of amides is 1. The van der Waals surface area contributed by atoms with Gasteiger partial charge in [0.2, 0.25) is 15.9 Å². The van der Waals surface area contributed by atoms with Gasteiger partial charge in [-0.3, -0.25) is 19.7 Å². The molecule has 1 aromatic carbocycles. The lowest BCUT2D eigenvalue weighted by Crippen LogP contribution is -2.49. The van der Waals surface area contributed by atoms with E-state index in [1.54, 1.807) is 23.5 Å². The average molecular weight is 500 g/mol. The molecule has 0 unspecified atom stereocenters. The van der Waals surface area contributed by atoms with Gasteiger partial charge in [0.05, 0.1) is 35.8 Å². The van der Waals surface area contributed by atoms with E-state index >= 15 is 0 Å². The molecule has 1 amide bonds. The summed E-state index contributed by atoms with van der Waals surface area (Å²) in [4.78, 5) is 29.3. The molecule has 0 saturated carbocycles. The molecule has 1 saturated heterocycles. The summed E-state index contributed by atoms with van der Waals surface area (Å²) >= 11 is 0. The van der Waals surface area contributed by atoms with Crippen molar-refractivity contribution in [2.45, 2.75) is 24.8 Å². The summed E-state index contributed by atoms with van der Waals surface area (Å²) in [5.74, 6) is -0.0225. The number of hydrogen-bond donors (Lipinski definition) is 0. The standard InChI is InChI=1S/C27H25N5O3S/c1-36(34,35)31-13-9-27(10-14-31)22-8-12-29-17-24(22)32(26(27)33)18-23-25(20-6-4-11-28-15-20)21-7-3-2-5-19(21)16-30-23/h2-8,11-12,15-17H,9-10,13-14,18H2,1H3. The molecule has 4 aromatic rings. The number of nitrogens with zero attached hydrogens (tertiary/aromatic N) is 5. The fourth-order valence-corrected chi connectivity index (χ4v) is 6.48. The second-order valence-corrected chi connectivity index (χ2v) is 11.4. The van der Waals surface area contributed by atoms with Crippen molar-refractivity contribution in [3.63, 3.8) is 0 Å². The lowest BCUT2D eigenvalue weighted by molar-refractivity contribution is -0.124. The van der Waals surface area contributed by atoms with Crippen LogP contribution in [0, 0.1) is 0 Å². The van der Waals surface area contributed by atoms with Gasteiger partial charge in [0.15, 0.2) is 0 Å². The van der Waals surface area contributed by atoms with Crippen LogP contribution >= 0.6 is 0 Å². The van der Waals surface area contributed by atoms with Crippen molar-refractivity contribution in [1.82, 2.24) is 19.3 Å². The van der Waals surface area contributed by atoms with Crippen LogP contribution in [0.2, 0.25) is 0 Å². The highest BCUT2D eigenvalue weighted by Crippen LogP contribution is 2.48. The molecular weight excluding hydrogens is 474 g/mol. The Morgan fingerprint density at radius 3 is 2.47 bits per heavy atom. The molecular formula is C27H25N5O3S. The quantitative estimate of drug-likeness (QED) is 0.426. The Bertz CT molecular complexity index is 1580. The first-order valence-corrected chi connectivity index (χ1v) is 13.7. The van der Waals surface area contributed by atoms with E-state index < -0.39 is 15.4 Å². The second-order valence-electron chi connectivity index (χ2n) is 9.44. The Balaban J connectivity index is 1.43. The summed E-state index contributed by atoms with van der Waals surface area (Å²) in [6.07, 6.45) is 10.9. The number of sulfonamides is 1. The van der Waals surface area contributed by atoms with Crippen molar-refractivity contribution in [3.05, 3.63) is 84.7 Å². The highest BCUT2D eigenvalue weighted by atomic mass is 32.2. The number of anilines is 1. The van der Waals surface area contributed by atoms with Crippen LogP contribution < -0.4 is 4.90 Å². The average Bonchev–Trinajstić information content (AvgIpc) is 3.11. The number of hydrogen-bond acceptors (Lipinski definition) is 6. The molecule has 0 bridgehead atoms. The minimum atomic E-state index is -3.31. The first-order valence-electron chi connectivity index (χ1n) is 11.9. The summed E-state index contributed by atoms with van der Waals surface area (Å²) in [5.41, 5.74) is 3.58. The maximum Gasteiger partial charge on any atom is 0.238 e.